The number of rotatable bonds is 1. The molecule has 1 aromatic carbocycles. The quantitative estimate of drug-likeness (QED) is 0.858. The van der Waals surface area contributed by atoms with Crippen molar-refractivity contribution in [2.24, 2.45) is 5.41 Å². The highest BCUT2D eigenvalue weighted by atomic mass is 35.5. The van der Waals surface area contributed by atoms with Crippen LogP contribution in [-0.4, -0.2) is 23.8 Å². The Kier molecular flexibility index (Phi) is 3.52. The Balaban J connectivity index is 2.16. The predicted molar refractivity (Wildman–Crippen MR) is 85.5 cm³/mol. The van der Waals surface area contributed by atoms with E-state index in [1.807, 2.05) is 18.2 Å². The van der Waals surface area contributed by atoms with Crippen LogP contribution in [0.15, 0.2) is 35.5 Å². The maximum Gasteiger partial charge on any atom is 0.322 e. The van der Waals surface area contributed by atoms with Gasteiger partial charge in [-0.3, -0.25) is 4.79 Å². The van der Waals surface area contributed by atoms with Crippen LogP contribution < -0.4 is 5.32 Å². The van der Waals surface area contributed by atoms with Gasteiger partial charge in [0, 0.05) is 29.8 Å². The molecule has 0 aromatic heterocycles. The summed E-state index contributed by atoms with van der Waals surface area (Å²) in [5.41, 5.74) is 2.13. The second-order valence-corrected chi connectivity index (χ2v) is 7.17. The largest absolute Gasteiger partial charge is 0.327 e. The molecule has 0 bridgehead atoms. The standard InChI is InChI=1S/C17H19ClN2O2/c1-17(2)8-12-14(13(21)9-17)15(19-16(22)20(12)3)10-6-4-5-7-11(10)18/h4-7,15H,8-9H2,1-3H3,(H,19,22)/t15-/m1/s1. The highest BCUT2D eigenvalue weighted by Crippen LogP contribution is 2.44. The number of amides is 2. The molecule has 116 valence electrons. The van der Waals surface area contributed by atoms with Crippen LogP contribution in [0, 0.1) is 5.41 Å². The first-order chi connectivity index (χ1) is 10.3. The van der Waals surface area contributed by atoms with Gasteiger partial charge in [-0.25, -0.2) is 4.79 Å². The molecule has 0 saturated carbocycles. The zero-order valence-corrected chi connectivity index (χ0v) is 13.7. The molecule has 0 fully saturated rings. The minimum absolute atomic E-state index is 0.0861. The van der Waals surface area contributed by atoms with E-state index < -0.39 is 6.04 Å². The Morgan fingerprint density at radius 1 is 1.23 bits per heavy atom. The van der Waals surface area contributed by atoms with Crippen molar-refractivity contribution in [3.63, 3.8) is 0 Å². The van der Waals surface area contributed by atoms with E-state index in [1.165, 1.54) is 0 Å². The van der Waals surface area contributed by atoms with Crippen molar-refractivity contribution < 1.29 is 9.59 Å². The number of urea groups is 1. The SMILES string of the molecule is CN1C(=O)N[C@H](c2ccccc2Cl)C2=C1CC(C)(C)CC2=O. The Labute approximate surface area is 135 Å². The second kappa shape index (κ2) is 5.13. The van der Waals surface area contributed by atoms with Crippen molar-refractivity contribution in [1.29, 1.82) is 0 Å². The number of carbonyl (C=O) groups excluding carboxylic acids is 2. The van der Waals surface area contributed by atoms with Gasteiger partial charge in [0.05, 0.1) is 6.04 Å². The van der Waals surface area contributed by atoms with Crippen molar-refractivity contribution in [1.82, 2.24) is 10.2 Å². The van der Waals surface area contributed by atoms with Crippen LogP contribution in [0.5, 0.6) is 0 Å². The molecule has 1 N–H and O–H groups in total. The number of hydrogen-bond donors (Lipinski definition) is 1. The molecule has 4 nitrogen and oxygen atoms in total. The van der Waals surface area contributed by atoms with Crippen molar-refractivity contribution in [2.45, 2.75) is 32.7 Å². The van der Waals surface area contributed by atoms with Crippen molar-refractivity contribution in [3.05, 3.63) is 46.1 Å². The summed E-state index contributed by atoms with van der Waals surface area (Å²) < 4.78 is 0. The average Bonchev–Trinajstić information content (AvgIpc) is 2.42. The van der Waals surface area contributed by atoms with Gasteiger partial charge in [0.15, 0.2) is 5.78 Å². The Morgan fingerprint density at radius 2 is 1.91 bits per heavy atom. The van der Waals surface area contributed by atoms with Gasteiger partial charge in [-0.1, -0.05) is 43.6 Å². The zero-order chi connectivity index (χ0) is 16.1. The highest BCUT2D eigenvalue weighted by Gasteiger charge is 2.42. The molecule has 1 atom stereocenters. The number of carbonyl (C=O) groups is 2. The van der Waals surface area contributed by atoms with Crippen molar-refractivity contribution in [3.8, 4) is 0 Å². The van der Waals surface area contributed by atoms with Gasteiger partial charge in [-0.05, 0) is 23.5 Å². The lowest BCUT2D eigenvalue weighted by atomic mass is 9.72. The molecule has 1 aliphatic heterocycles. The molecule has 2 amide bonds. The summed E-state index contributed by atoms with van der Waals surface area (Å²) in [7, 11) is 1.71. The smallest absolute Gasteiger partial charge is 0.322 e. The highest BCUT2D eigenvalue weighted by molar-refractivity contribution is 6.31. The average molecular weight is 319 g/mol. The van der Waals surface area contributed by atoms with E-state index in [1.54, 1.807) is 18.0 Å². The van der Waals surface area contributed by atoms with Gasteiger partial charge in [-0.15, -0.1) is 0 Å². The Hall–Kier alpha value is -1.81. The molecule has 0 spiro atoms. The minimum atomic E-state index is -0.462. The summed E-state index contributed by atoms with van der Waals surface area (Å²) in [6.07, 6.45) is 1.19. The molecular weight excluding hydrogens is 300 g/mol. The molecule has 0 radical (unpaired) electrons. The van der Waals surface area contributed by atoms with Crippen LogP contribution in [0.25, 0.3) is 0 Å². The zero-order valence-electron chi connectivity index (χ0n) is 12.9. The summed E-state index contributed by atoms with van der Waals surface area (Å²) >= 11 is 6.28. The number of halogens is 1. The van der Waals surface area contributed by atoms with Gasteiger partial charge >= 0.3 is 6.03 Å². The fourth-order valence-corrected chi connectivity index (χ4v) is 3.53. The van der Waals surface area contributed by atoms with Crippen LogP contribution in [0.2, 0.25) is 5.02 Å². The fourth-order valence-electron chi connectivity index (χ4n) is 3.29. The summed E-state index contributed by atoms with van der Waals surface area (Å²) in [5.74, 6) is 0.0861. The van der Waals surface area contributed by atoms with Gasteiger partial charge in [0.1, 0.15) is 0 Å². The lowest BCUT2D eigenvalue weighted by molar-refractivity contribution is -0.118. The summed E-state index contributed by atoms with van der Waals surface area (Å²) in [5, 5.41) is 3.46. The maximum atomic E-state index is 12.7. The molecule has 22 heavy (non-hydrogen) atoms. The van der Waals surface area contributed by atoms with E-state index in [0.29, 0.717) is 23.4 Å². The van der Waals surface area contributed by atoms with E-state index in [-0.39, 0.29) is 17.2 Å². The van der Waals surface area contributed by atoms with Crippen LogP contribution in [0.4, 0.5) is 4.79 Å². The van der Waals surface area contributed by atoms with Crippen molar-refractivity contribution >= 4 is 23.4 Å². The molecule has 1 heterocycles. The molecular formula is C17H19ClN2O2. The van der Waals surface area contributed by atoms with Gasteiger partial charge < -0.3 is 10.2 Å². The summed E-state index contributed by atoms with van der Waals surface area (Å²) in [4.78, 5) is 26.6. The normalized spacial score (nSPS) is 24.2. The third kappa shape index (κ3) is 2.41. The van der Waals surface area contributed by atoms with Crippen LogP contribution in [0.1, 0.15) is 38.3 Å². The lowest BCUT2D eigenvalue weighted by Crippen LogP contribution is -2.49. The number of nitrogens with zero attached hydrogens (tertiary/aromatic N) is 1. The van der Waals surface area contributed by atoms with Crippen molar-refractivity contribution in [2.75, 3.05) is 7.05 Å². The predicted octanol–water partition coefficient (Wildman–Crippen LogP) is 3.68. The second-order valence-electron chi connectivity index (χ2n) is 6.76. The molecule has 0 unspecified atom stereocenters. The fraction of sp³-hybridized carbons (Fsp3) is 0.412. The third-order valence-corrected chi connectivity index (χ3v) is 4.72. The monoisotopic (exact) mass is 318 g/mol. The van der Waals surface area contributed by atoms with E-state index in [9.17, 15) is 9.59 Å². The van der Waals surface area contributed by atoms with Crippen LogP contribution >= 0.6 is 11.6 Å². The number of nitrogens with one attached hydrogen (secondary N) is 1. The van der Waals surface area contributed by atoms with Gasteiger partial charge in [-0.2, -0.15) is 0 Å². The molecule has 2 aliphatic rings. The molecule has 1 aliphatic carbocycles. The lowest BCUT2D eigenvalue weighted by Gasteiger charge is -2.42. The van der Waals surface area contributed by atoms with Crippen LogP contribution in [-0.2, 0) is 4.79 Å². The van der Waals surface area contributed by atoms with Gasteiger partial charge in [0.25, 0.3) is 0 Å². The molecule has 3 rings (SSSR count). The number of ketones is 1. The van der Waals surface area contributed by atoms with Gasteiger partial charge in [0.2, 0.25) is 0 Å². The number of benzene rings is 1. The Morgan fingerprint density at radius 3 is 2.59 bits per heavy atom. The molecule has 0 saturated heterocycles. The first-order valence-electron chi connectivity index (χ1n) is 7.35. The van der Waals surface area contributed by atoms with Crippen LogP contribution in [0.3, 0.4) is 0 Å². The maximum absolute atomic E-state index is 12.7. The number of allylic oxidation sites excluding steroid dienone is 1. The summed E-state index contributed by atoms with van der Waals surface area (Å²) in [6, 6.07) is 6.67. The summed E-state index contributed by atoms with van der Waals surface area (Å²) in [6.45, 7) is 4.11. The number of hydrogen-bond acceptors (Lipinski definition) is 2. The molecule has 1 aromatic rings. The number of Topliss-reactive ketones (excluding diaryl/α,β-unsaturated/α-hetero) is 1. The van der Waals surface area contributed by atoms with E-state index in [0.717, 1.165) is 11.3 Å². The first kappa shape index (κ1) is 15.1. The third-order valence-electron chi connectivity index (χ3n) is 4.38. The van der Waals surface area contributed by atoms with E-state index in [4.69, 9.17) is 11.6 Å². The topological polar surface area (TPSA) is 49.4 Å². The van der Waals surface area contributed by atoms with E-state index >= 15 is 0 Å². The van der Waals surface area contributed by atoms with E-state index in [2.05, 4.69) is 19.2 Å². The Bertz CT molecular complexity index is 694. The minimum Gasteiger partial charge on any atom is -0.327 e. The molecule has 5 heteroatoms. The first-order valence-corrected chi connectivity index (χ1v) is 7.73.